The molecule has 1 N–H and O–H groups in total. The van der Waals surface area contributed by atoms with Crippen LogP contribution < -0.4 is 5.32 Å². The standard InChI is InChI=1S/C15H13BrCl3N/c16-14-4-3-12(17)7-11(14)9-20-6-5-10-1-2-13(18)8-15(10)19/h1-4,7-8,20H,5-6,9H2. The Morgan fingerprint density at radius 1 is 0.900 bits per heavy atom. The second-order valence-electron chi connectivity index (χ2n) is 4.40. The molecule has 0 spiro atoms. The topological polar surface area (TPSA) is 12.0 Å². The molecule has 2 rings (SSSR count). The molecular formula is C15H13BrCl3N. The molecule has 0 amide bonds. The van der Waals surface area contributed by atoms with E-state index in [9.17, 15) is 0 Å². The molecular weight excluding hydrogens is 380 g/mol. The Bertz CT molecular complexity index is 602. The maximum absolute atomic E-state index is 6.13. The third-order valence-electron chi connectivity index (χ3n) is 2.91. The lowest BCUT2D eigenvalue weighted by Crippen LogP contribution is -2.17. The fraction of sp³-hybridized carbons (Fsp3) is 0.200. The molecule has 0 aliphatic heterocycles. The molecule has 0 aliphatic carbocycles. The Morgan fingerprint density at radius 3 is 2.35 bits per heavy atom. The first-order valence-electron chi connectivity index (χ1n) is 6.15. The van der Waals surface area contributed by atoms with E-state index in [1.807, 2.05) is 30.3 Å². The number of hydrogen-bond donors (Lipinski definition) is 1. The molecule has 0 atom stereocenters. The van der Waals surface area contributed by atoms with Crippen LogP contribution in [0.15, 0.2) is 40.9 Å². The van der Waals surface area contributed by atoms with E-state index in [1.165, 1.54) is 0 Å². The summed E-state index contributed by atoms with van der Waals surface area (Å²) in [5, 5.41) is 5.49. The molecule has 20 heavy (non-hydrogen) atoms. The van der Waals surface area contributed by atoms with Crippen molar-refractivity contribution in [1.29, 1.82) is 0 Å². The van der Waals surface area contributed by atoms with Crippen LogP contribution in [0.4, 0.5) is 0 Å². The van der Waals surface area contributed by atoms with Gasteiger partial charge in [0.25, 0.3) is 0 Å². The van der Waals surface area contributed by atoms with Crippen LogP contribution in [0.1, 0.15) is 11.1 Å². The lowest BCUT2D eigenvalue weighted by atomic mass is 10.1. The fourth-order valence-electron chi connectivity index (χ4n) is 1.85. The van der Waals surface area contributed by atoms with Gasteiger partial charge in [-0.3, -0.25) is 0 Å². The fourth-order valence-corrected chi connectivity index (χ4v) is 2.93. The van der Waals surface area contributed by atoms with Crippen LogP contribution in [0, 0.1) is 0 Å². The molecule has 0 aromatic heterocycles. The summed E-state index contributed by atoms with van der Waals surface area (Å²) in [6, 6.07) is 11.4. The minimum absolute atomic E-state index is 0.662. The second kappa shape index (κ2) is 7.67. The van der Waals surface area contributed by atoms with Gasteiger partial charge in [0.15, 0.2) is 0 Å². The van der Waals surface area contributed by atoms with Crippen LogP contribution in [-0.4, -0.2) is 6.54 Å². The summed E-state index contributed by atoms with van der Waals surface area (Å²) in [6.45, 7) is 1.59. The summed E-state index contributed by atoms with van der Waals surface area (Å²) in [5.74, 6) is 0. The third-order valence-corrected chi connectivity index (χ3v) is 4.51. The highest BCUT2D eigenvalue weighted by molar-refractivity contribution is 9.10. The molecule has 2 aromatic carbocycles. The smallest absolute Gasteiger partial charge is 0.0453 e. The number of benzene rings is 2. The summed E-state index contributed by atoms with van der Waals surface area (Å²) in [7, 11) is 0. The van der Waals surface area contributed by atoms with Crippen molar-refractivity contribution >= 4 is 50.7 Å². The van der Waals surface area contributed by atoms with Gasteiger partial charge >= 0.3 is 0 Å². The van der Waals surface area contributed by atoms with Crippen molar-refractivity contribution in [2.24, 2.45) is 0 Å². The van der Waals surface area contributed by atoms with Gasteiger partial charge in [-0.25, -0.2) is 0 Å². The van der Waals surface area contributed by atoms with E-state index in [1.54, 1.807) is 6.07 Å². The highest BCUT2D eigenvalue weighted by atomic mass is 79.9. The minimum atomic E-state index is 0.662. The molecule has 0 radical (unpaired) electrons. The van der Waals surface area contributed by atoms with Crippen LogP contribution in [0.5, 0.6) is 0 Å². The monoisotopic (exact) mass is 391 g/mol. The molecule has 1 nitrogen and oxygen atoms in total. The number of nitrogens with one attached hydrogen (secondary N) is 1. The SMILES string of the molecule is Clc1ccc(CCNCc2cc(Cl)ccc2Br)c(Cl)c1. The molecule has 0 fully saturated rings. The van der Waals surface area contributed by atoms with Gasteiger partial charge in [-0.15, -0.1) is 0 Å². The lowest BCUT2D eigenvalue weighted by molar-refractivity contribution is 0.685. The molecule has 0 heterocycles. The predicted octanol–water partition coefficient (Wildman–Crippen LogP) is 5.74. The average Bonchev–Trinajstić information content (AvgIpc) is 2.40. The summed E-state index contributed by atoms with van der Waals surface area (Å²) < 4.78 is 1.05. The highest BCUT2D eigenvalue weighted by Gasteiger charge is 2.03. The zero-order valence-electron chi connectivity index (χ0n) is 10.6. The first-order chi connectivity index (χ1) is 9.56. The number of rotatable bonds is 5. The Labute approximate surface area is 142 Å². The maximum Gasteiger partial charge on any atom is 0.0453 e. The molecule has 0 saturated heterocycles. The van der Waals surface area contributed by atoms with Gasteiger partial charge in [0.2, 0.25) is 0 Å². The third kappa shape index (κ3) is 4.64. The largest absolute Gasteiger partial charge is 0.312 e. The van der Waals surface area contributed by atoms with Crippen LogP contribution in [0.25, 0.3) is 0 Å². The predicted molar refractivity (Wildman–Crippen MR) is 91.0 cm³/mol. The van der Waals surface area contributed by atoms with Gasteiger partial charge < -0.3 is 5.32 Å². The molecule has 106 valence electrons. The van der Waals surface area contributed by atoms with E-state index in [0.717, 1.165) is 40.1 Å². The highest BCUT2D eigenvalue weighted by Crippen LogP contribution is 2.22. The van der Waals surface area contributed by atoms with E-state index in [-0.39, 0.29) is 0 Å². The van der Waals surface area contributed by atoms with E-state index >= 15 is 0 Å². The van der Waals surface area contributed by atoms with Crippen molar-refractivity contribution in [1.82, 2.24) is 5.32 Å². The maximum atomic E-state index is 6.13. The van der Waals surface area contributed by atoms with Crippen molar-refractivity contribution in [3.05, 3.63) is 67.1 Å². The lowest BCUT2D eigenvalue weighted by Gasteiger charge is -2.08. The van der Waals surface area contributed by atoms with E-state index in [2.05, 4.69) is 21.2 Å². The van der Waals surface area contributed by atoms with Gasteiger partial charge in [0.05, 0.1) is 0 Å². The molecule has 5 heteroatoms. The summed E-state index contributed by atoms with van der Waals surface area (Å²) in [4.78, 5) is 0. The van der Waals surface area contributed by atoms with Gasteiger partial charge in [0, 0.05) is 26.1 Å². The summed E-state index contributed by atoms with van der Waals surface area (Å²) in [5.41, 5.74) is 2.23. The molecule has 0 unspecified atom stereocenters. The zero-order valence-corrected chi connectivity index (χ0v) is 14.5. The zero-order chi connectivity index (χ0) is 14.5. The molecule has 2 aromatic rings. The van der Waals surface area contributed by atoms with Gasteiger partial charge in [0.1, 0.15) is 0 Å². The molecule has 0 aliphatic rings. The van der Waals surface area contributed by atoms with Gasteiger partial charge in [-0.1, -0.05) is 56.8 Å². The van der Waals surface area contributed by atoms with Crippen LogP contribution in [0.3, 0.4) is 0 Å². The van der Waals surface area contributed by atoms with Crippen molar-refractivity contribution in [2.45, 2.75) is 13.0 Å². The van der Waals surface area contributed by atoms with E-state index < -0.39 is 0 Å². The van der Waals surface area contributed by atoms with E-state index in [4.69, 9.17) is 34.8 Å². The van der Waals surface area contributed by atoms with Crippen LogP contribution >= 0.6 is 50.7 Å². The normalized spacial score (nSPS) is 10.8. The van der Waals surface area contributed by atoms with Crippen molar-refractivity contribution < 1.29 is 0 Å². The summed E-state index contributed by atoms with van der Waals surface area (Å²) in [6.07, 6.45) is 0.855. The van der Waals surface area contributed by atoms with Crippen LogP contribution in [-0.2, 0) is 13.0 Å². The van der Waals surface area contributed by atoms with Gasteiger partial charge in [-0.2, -0.15) is 0 Å². The van der Waals surface area contributed by atoms with Crippen molar-refractivity contribution in [3.63, 3.8) is 0 Å². The Morgan fingerprint density at radius 2 is 1.60 bits per heavy atom. The summed E-state index contributed by atoms with van der Waals surface area (Å²) >= 11 is 21.5. The molecule has 0 bridgehead atoms. The number of halogens is 4. The van der Waals surface area contributed by atoms with Gasteiger partial charge in [-0.05, 0) is 54.4 Å². The first-order valence-corrected chi connectivity index (χ1v) is 8.07. The van der Waals surface area contributed by atoms with Crippen molar-refractivity contribution in [2.75, 3.05) is 6.54 Å². The minimum Gasteiger partial charge on any atom is -0.312 e. The van der Waals surface area contributed by atoms with Crippen LogP contribution in [0.2, 0.25) is 15.1 Å². The average molecular weight is 394 g/mol. The Kier molecular flexibility index (Phi) is 6.19. The van der Waals surface area contributed by atoms with E-state index in [0.29, 0.717) is 10.0 Å². The Balaban J connectivity index is 1.86. The number of hydrogen-bond acceptors (Lipinski definition) is 1. The quantitative estimate of drug-likeness (QED) is 0.639. The Hall–Kier alpha value is -0.250. The molecule has 0 saturated carbocycles. The van der Waals surface area contributed by atoms with Crippen molar-refractivity contribution in [3.8, 4) is 0 Å². The first kappa shape index (κ1) is 16.1. The second-order valence-corrected chi connectivity index (χ2v) is 6.53.